The van der Waals surface area contributed by atoms with E-state index in [1.807, 2.05) is 55.6 Å². The predicted octanol–water partition coefficient (Wildman–Crippen LogP) is 3.03. The number of hydrogen-bond acceptors (Lipinski definition) is 2. The number of hydrogen-bond donors (Lipinski definition) is 2. The lowest BCUT2D eigenvalue weighted by atomic mass is 10.0. The molecule has 0 aliphatic carbocycles. The third kappa shape index (κ3) is 4.31. The molecule has 0 fully saturated rings. The molecule has 0 spiro atoms. The zero-order chi connectivity index (χ0) is 15.1. The third-order valence-electron chi connectivity index (χ3n) is 3.30. The van der Waals surface area contributed by atoms with Crippen molar-refractivity contribution in [3.63, 3.8) is 0 Å². The van der Waals surface area contributed by atoms with Gasteiger partial charge in [0, 0.05) is 17.1 Å². The molecule has 3 nitrogen and oxygen atoms in total. The average Bonchev–Trinajstić information content (AvgIpc) is 2.52. The second-order valence-electron chi connectivity index (χ2n) is 4.78. The van der Waals surface area contributed by atoms with Crippen LogP contribution in [0.15, 0.2) is 48.5 Å². The highest BCUT2D eigenvalue weighted by Gasteiger charge is 2.10. The summed E-state index contributed by atoms with van der Waals surface area (Å²) < 4.78 is 0. The maximum Gasteiger partial charge on any atom is 0.251 e. The Morgan fingerprint density at radius 1 is 1.05 bits per heavy atom. The lowest BCUT2D eigenvalue weighted by Crippen LogP contribution is -2.24. The highest BCUT2D eigenvalue weighted by molar-refractivity contribution is 6.31. The fraction of sp³-hybridized carbons (Fsp3) is 0.235. The molecule has 0 aliphatic rings. The summed E-state index contributed by atoms with van der Waals surface area (Å²) in [7, 11) is 1.90. The smallest absolute Gasteiger partial charge is 0.251 e. The summed E-state index contributed by atoms with van der Waals surface area (Å²) in [6.07, 6.45) is 0.826. The van der Waals surface area contributed by atoms with Crippen LogP contribution in [-0.4, -0.2) is 19.5 Å². The topological polar surface area (TPSA) is 41.1 Å². The molecule has 0 unspecified atom stereocenters. The molecule has 2 rings (SSSR count). The summed E-state index contributed by atoms with van der Waals surface area (Å²) in [5.41, 5.74) is 2.68. The standard InChI is InChI=1S/C17H19ClN2O/c1-19-11-10-13-6-2-4-8-15(13)17(21)20-12-14-7-3-5-9-16(14)18/h2-9,19H,10-12H2,1H3,(H,20,21). The number of rotatable bonds is 6. The van der Waals surface area contributed by atoms with Crippen LogP contribution >= 0.6 is 11.6 Å². The first kappa shape index (κ1) is 15.5. The van der Waals surface area contributed by atoms with Crippen molar-refractivity contribution < 1.29 is 4.79 Å². The quantitative estimate of drug-likeness (QED) is 0.861. The van der Waals surface area contributed by atoms with Crippen LogP contribution in [0.4, 0.5) is 0 Å². The van der Waals surface area contributed by atoms with E-state index in [1.54, 1.807) is 0 Å². The van der Waals surface area contributed by atoms with Gasteiger partial charge in [0.05, 0.1) is 0 Å². The van der Waals surface area contributed by atoms with Gasteiger partial charge in [0.1, 0.15) is 0 Å². The Morgan fingerprint density at radius 2 is 1.71 bits per heavy atom. The van der Waals surface area contributed by atoms with Crippen molar-refractivity contribution in [2.24, 2.45) is 0 Å². The van der Waals surface area contributed by atoms with Crippen LogP contribution in [0.25, 0.3) is 0 Å². The monoisotopic (exact) mass is 302 g/mol. The summed E-state index contributed by atoms with van der Waals surface area (Å²) in [5, 5.41) is 6.70. The largest absolute Gasteiger partial charge is 0.348 e. The molecule has 0 aliphatic heterocycles. The highest BCUT2D eigenvalue weighted by Crippen LogP contribution is 2.15. The van der Waals surface area contributed by atoms with Crippen LogP contribution in [0.3, 0.4) is 0 Å². The van der Waals surface area contributed by atoms with Crippen molar-refractivity contribution >= 4 is 17.5 Å². The number of nitrogens with one attached hydrogen (secondary N) is 2. The van der Waals surface area contributed by atoms with Gasteiger partial charge in [-0.2, -0.15) is 0 Å². The van der Waals surface area contributed by atoms with E-state index in [1.165, 1.54) is 0 Å². The SMILES string of the molecule is CNCCc1ccccc1C(=O)NCc1ccccc1Cl. The Kier molecular flexibility index (Phi) is 5.78. The zero-order valence-electron chi connectivity index (χ0n) is 12.0. The molecule has 21 heavy (non-hydrogen) atoms. The molecule has 110 valence electrons. The third-order valence-corrected chi connectivity index (χ3v) is 3.67. The van der Waals surface area contributed by atoms with Gasteiger partial charge in [-0.05, 0) is 43.3 Å². The van der Waals surface area contributed by atoms with Gasteiger partial charge in [-0.3, -0.25) is 4.79 Å². The lowest BCUT2D eigenvalue weighted by Gasteiger charge is -2.11. The van der Waals surface area contributed by atoms with Gasteiger partial charge in [0.2, 0.25) is 0 Å². The number of amides is 1. The van der Waals surface area contributed by atoms with E-state index in [0.717, 1.165) is 29.7 Å². The molecular weight excluding hydrogens is 284 g/mol. The van der Waals surface area contributed by atoms with E-state index in [0.29, 0.717) is 11.6 Å². The molecule has 0 heterocycles. The van der Waals surface area contributed by atoms with Gasteiger partial charge in [0.25, 0.3) is 5.91 Å². The van der Waals surface area contributed by atoms with Gasteiger partial charge in [0.15, 0.2) is 0 Å². The normalized spacial score (nSPS) is 10.4. The van der Waals surface area contributed by atoms with Crippen LogP contribution in [0.5, 0.6) is 0 Å². The Morgan fingerprint density at radius 3 is 2.43 bits per heavy atom. The molecule has 2 aromatic rings. The Hall–Kier alpha value is -1.84. The number of benzene rings is 2. The van der Waals surface area contributed by atoms with E-state index < -0.39 is 0 Å². The minimum absolute atomic E-state index is 0.0679. The van der Waals surface area contributed by atoms with Crippen LogP contribution in [0, 0.1) is 0 Å². The van der Waals surface area contributed by atoms with Crippen molar-refractivity contribution in [3.8, 4) is 0 Å². The summed E-state index contributed by atoms with van der Waals surface area (Å²) in [6, 6.07) is 15.2. The van der Waals surface area contributed by atoms with Crippen molar-refractivity contribution in [3.05, 3.63) is 70.2 Å². The zero-order valence-corrected chi connectivity index (χ0v) is 12.8. The van der Waals surface area contributed by atoms with Gasteiger partial charge in [-0.25, -0.2) is 0 Å². The molecule has 0 atom stereocenters. The molecule has 2 N–H and O–H groups in total. The molecule has 0 saturated carbocycles. The van der Waals surface area contributed by atoms with E-state index in [4.69, 9.17) is 11.6 Å². The second-order valence-corrected chi connectivity index (χ2v) is 5.19. The van der Waals surface area contributed by atoms with E-state index in [9.17, 15) is 4.79 Å². The fourth-order valence-corrected chi connectivity index (χ4v) is 2.33. The minimum atomic E-state index is -0.0679. The second kappa shape index (κ2) is 7.81. The number of likely N-dealkylation sites (N-methyl/N-ethyl adjacent to an activating group) is 1. The fourth-order valence-electron chi connectivity index (χ4n) is 2.13. The van der Waals surface area contributed by atoms with E-state index in [2.05, 4.69) is 10.6 Å². The van der Waals surface area contributed by atoms with Crippen molar-refractivity contribution in [2.45, 2.75) is 13.0 Å². The molecule has 4 heteroatoms. The summed E-state index contributed by atoms with van der Waals surface area (Å²) >= 11 is 6.09. The van der Waals surface area contributed by atoms with Crippen LogP contribution in [-0.2, 0) is 13.0 Å². The predicted molar refractivity (Wildman–Crippen MR) is 86.7 cm³/mol. The Bertz CT molecular complexity index is 613. The number of carbonyl (C=O) groups excluding carboxylic acids is 1. The average molecular weight is 303 g/mol. The maximum atomic E-state index is 12.3. The van der Waals surface area contributed by atoms with Gasteiger partial charge >= 0.3 is 0 Å². The van der Waals surface area contributed by atoms with Gasteiger partial charge in [-0.15, -0.1) is 0 Å². The molecule has 0 bridgehead atoms. The van der Waals surface area contributed by atoms with E-state index in [-0.39, 0.29) is 5.91 Å². The maximum absolute atomic E-state index is 12.3. The van der Waals surface area contributed by atoms with Crippen LogP contribution in [0.2, 0.25) is 5.02 Å². The summed E-state index contributed by atoms with van der Waals surface area (Å²) in [6.45, 7) is 1.27. The van der Waals surface area contributed by atoms with Gasteiger partial charge < -0.3 is 10.6 Å². The minimum Gasteiger partial charge on any atom is -0.348 e. The number of carbonyl (C=O) groups is 1. The summed E-state index contributed by atoms with van der Waals surface area (Å²) in [4.78, 5) is 12.3. The molecule has 2 aromatic carbocycles. The molecular formula is C17H19ClN2O. The first-order valence-electron chi connectivity index (χ1n) is 6.96. The van der Waals surface area contributed by atoms with E-state index >= 15 is 0 Å². The Balaban J connectivity index is 2.05. The lowest BCUT2D eigenvalue weighted by molar-refractivity contribution is 0.0950. The molecule has 0 aromatic heterocycles. The summed E-state index contributed by atoms with van der Waals surface area (Å²) in [5.74, 6) is -0.0679. The van der Waals surface area contributed by atoms with Crippen molar-refractivity contribution in [1.29, 1.82) is 0 Å². The molecule has 1 amide bonds. The van der Waals surface area contributed by atoms with Crippen LogP contribution in [0.1, 0.15) is 21.5 Å². The number of halogens is 1. The highest BCUT2D eigenvalue weighted by atomic mass is 35.5. The van der Waals surface area contributed by atoms with Crippen LogP contribution < -0.4 is 10.6 Å². The van der Waals surface area contributed by atoms with Crippen molar-refractivity contribution in [2.75, 3.05) is 13.6 Å². The first-order valence-corrected chi connectivity index (χ1v) is 7.34. The van der Waals surface area contributed by atoms with Crippen molar-refractivity contribution in [1.82, 2.24) is 10.6 Å². The first-order chi connectivity index (χ1) is 10.2. The molecule has 0 saturated heterocycles. The Labute approximate surface area is 130 Å². The van der Waals surface area contributed by atoms with Gasteiger partial charge in [-0.1, -0.05) is 48.0 Å². The molecule has 0 radical (unpaired) electrons.